The minimum Gasteiger partial charge on any atom is -0.317 e. The molecular formula is C29H27N5O5S2. The van der Waals surface area contributed by atoms with Gasteiger partial charge >= 0.3 is 0 Å². The third kappa shape index (κ3) is 5.03. The van der Waals surface area contributed by atoms with Gasteiger partial charge in [0.25, 0.3) is 15.9 Å². The largest absolute Gasteiger partial charge is 0.317 e. The predicted octanol–water partition coefficient (Wildman–Crippen LogP) is 4.36. The summed E-state index contributed by atoms with van der Waals surface area (Å²) in [5.74, 6) is -0.735. The standard InChI is InChI=1S/C29H27N5O5S2/c1-16-8-10-17(11-9-16)24-25-20(4-2-6-22(25)35)34(21-5-3-7-23(36)26(21)24)19-14-12-18(13-15-19)27(37)31-28-32-33-29(40-28)41(30,38)39/h8-15,24H,2-7H2,1H3,(H2,30,38,39)(H,31,32,37). The number of anilines is 2. The van der Waals surface area contributed by atoms with Gasteiger partial charge in [0.2, 0.25) is 9.47 Å². The number of primary sulfonamides is 1. The molecule has 1 aromatic heterocycles. The van der Waals surface area contributed by atoms with Crippen LogP contribution in [0.3, 0.4) is 0 Å². The molecule has 12 heteroatoms. The van der Waals surface area contributed by atoms with Gasteiger partial charge in [-0.2, -0.15) is 0 Å². The van der Waals surface area contributed by atoms with Gasteiger partial charge < -0.3 is 4.90 Å². The number of nitrogens with two attached hydrogens (primary N) is 1. The minimum absolute atomic E-state index is 0.00677. The van der Waals surface area contributed by atoms with Crippen LogP contribution >= 0.6 is 11.3 Å². The van der Waals surface area contributed by atoms with Gasteiger partial charge in [-0.05, 0) is 62.4 Å². The maximum absolute atomic E-state index is 13.5. The summed E-state index contributed by atoms with van der Waals surface area (Å²) >= 11 is 0.662. The van der Waals surface area contributed by atoms with Crippen molar-refractivity contribution in [3.05, 3.63) is 87.8 Å². The lowest BCUT2D eigenvalue weighted by Gasteiger charge is -2.44. The summed E-state index contributed by atoms with van der Waals surface area (Å²) in [5.41, 5.74) is 6.37. The van der Waals surface area contributed by atoms with Crippen LogP contribution in [0.2, 0.25) is 0 Å². The summed E-state index contributed by atoms with van der Waals surface area (Å²) in [7, 11) is -4.02. The first-order valence-electron chi connectivity index (χ1n) is 13.3. The summed E-state index contributed by atoms with van der Waals surface area (Å²) in [6.07, 6.45) is 3.77. The van der Waals surface area contributed by atoms with Crippen molar-refractivity contribution < 1.29 is 22.8 Å². The number of hydrogen-bond acceptors (Lipinski definition) is 9. The average molecular weight is 590 g/mol. The molecule has 3 N–H and O–H groups in total. The van der Waals surface area contributed by atoms with Gasteiger partial charge in [0.1, 0.15) is 0 Å². The second-order valence-corrected chi connectivity index (χ2v) is 13.1. The lowest BCUT2D eigenvalue weighted by molar-refractivity contribution is -0.116. The molecule has 1 aliphatic heterocycles. The third-order valence-corrected chi connectivity index (χ3v) is 9.79. The maximum atomic E-state index is 13.5. The zero-order valence-electron chi connectivity index (χ0n) is 22.2. The molecule has 0 atom stereocenters. The molecular weight excluding hydrogens is 562 g/mol. The van der Waals surface area contributed by atoms with Gasteiger partial charge in [-0.25, -0.2) is 13.6 Å². The quantitative estimate of drug-likeness (QED) is 0.416. The topological polar surface area (TPSA) is 152 Å². The molecule has 0 fully saturated rings. The molecule has 210 valence electrons. The fourth-order valence-electron chi connectivity index (χ4n) is 5.83. The molecule has 0 saturated carbocycles. The van der Waals surface area contributed by atoms with E-state index < -0.39 is 20.3 Å². The molecule has 3 aliphatic rings. The van der Waals surface area contributed by atoms with E-state index in [1.807, 2.05) is 31.2 Å². The number of hydrogen-bond donors (Lipinski definition) is 2. The number of carbonyl (C=O) groups is 3. The second-order valence-electron chi connectivity index (χ2n) is 10.4. The number of Topliss-reactive ketones (excluding diaryl/α,β-unsaturated/α-hetero) is 2. The highest BCUT2D eigenvalue weighted by molar-refractivity contribution is 7.91. The van der Waals surface area contributed by atoms with Crippen molar-refractivity contribution in [2.75, 3.05) is 10.2 Å². The zero-order valence-corrected chi connectivity index (χ0v) is 23.8. The molecule has 3 aromatic rings. The molecule has 0 unspecified atom stereocenters. The van der Waals surface area contributed by atoms with Gasteiger partial charge in [0, 0.05) is 52.6 Å². The SMILES string of the molecule is Cc1ccc(C2C3=C(CCCC3=O)N(c3ccc(C(=O)Nc4nnc(S(N)(=O)=O)s4)cc3)C3=C2C(=O)CCC3)cc1. The number of nitrogens with zero attached hydrogens (tertiary/aromatic N) is 3. The molecule has 0 spiro atoms. The van der Waals surface area contributed by atoms with Crippen LogP contribution in [0.1, 0.15) is 65.9 Å². The Bertz CT molecular complexity index is 1710. The lowest BCUT2D eigenvalue weighted by Crippen LogP contribution is -2.39. The minimum atomic E-state index is -4.02. The maximum Gasteiger partial charge on any atom is 0.267 e. The Hall–Kier alpha value is -4.00. The number of nitrogens with one attached hydrogen (secondary N) is 1. The summed E-state index contributed by atoms with van der Waals surface area (Å²) in [6.45, 7) is 2.01. The molecule has 2 heterocycles. The molecule has 2 aliphatic carbocycles. The predicted molar refractivity (Wildman–Crippen MR) is 154 cm³/mol. The Balaban J connectivity index is 1.38. The number of carbonyl (C=O) groups excluding carboxylic acids is 3. The number of aromatic nitrogens is 2. The molecule has 2 aromatic carbocycles. The Kier molecular flexibility index (Phi) is 6.92. The molecule has 1 amide bonds. The van der Waals surface area contributed by atoms with Crippen molar-refractivity contribution in [3.63, 3.8) is 0 Å². The lowest BCUT2D eigenvalue weighted by atomic mass is 9.71. The van der Waals surface area contributed by atoms with Crippen molar-refractivity contribution in [2.24, 2.45) is 5.14 Å². The van der Waals surface area contributed by atoms with Crippen LogP contribution in [-0.2, 0) is 19.6 Å². The van der Waals surface area contributed by atoms with Crippen LogP contribution < -0.4 is 15.4 Å². The number of amides is 1. The molecule has 6 rings (SSSR count). The fourth-order valence-corrected chi connectivity index (χ4v) is 7.16. The van der Waals surface area contributed by atoms with Crippen LogP contribution in [0.25, 0.3) is 0 Å². The van der Waals surface area contributed by atoms with Crippen molar-refractivity contribution >= 4 is 49.7 Å². The monoisotopic (exact) mass is 589 g/mol. The first-order chi connectivity index (χ1) is 19.6. The normalized spacial score (nSPS) is 18.0. The van der Waals surface area contributed by atoms with Gasteiger partial charge in [-0.3, -0.25) is 19.7 Å². The molecule has 10 nitrogen and oxygen atoms in total. The van der Waals surface area contributed by atoms with E-state index in [1.54, 1.807) is 24.3 Å². The van der Waals surface area contributed by atoms with E-state index in [4.69, 9.17) is 5.14 Å². The highest BCUT2D eigenvalue weighted by atomic mass is 32.2. The Morgan fingerprint density at radius 3 is 2.02 bits per heavy atom. The summed E-state index contributed by atoms with van der Waals surface area (Å²) in [4.78, 5) is 41.9. The van der Waals surface area contributed by atoms with Gasteiger partial charge in [0.05, 0.1) is 0 Å². The van der Waals surface area contributed by atoms with E-state index in [9.17, 15) is 22.8 Å². The number of allylic oxidation sites excluding steroid dienone is 4. The first-order valence-corrected chi connectivity index (χ1v) is 15.6. The second kappa shape index (κ2) is 10.4. The third-order valence-electron chi connectivity index (χ3n) is 7.64. The van der Waals surface area contributed by atoms with E-state index in [-0.39, 0.29) is 22.6 Å². The van der Waals surface area contributed by atoms with Crippen molar-refractivity contribution in [2.45, 2.75) is 55.7 Å². The number of rotatable bonds is 5. The summed E-state index contributed by atoms with van der Waals surface area (Å²) in [6, 6.07) is 15.0. The Labute approximate surface area is 241 Å². The van der Waals surface area contributed by atoms with Gasteiger partial charge in [-0.1, -0.05) is 41.2 Å². The van der Waals surface area contributed by atoms with Crippen LogP contribution in [0.5, 0.6) is 0 Å². The Morgan fingerprint density at radius 1 is 0.902 bits per heavy atom. The van der Waals surface area contributed by atoms with E-state index in [0.717, 1.165) is 41.1 Å². The number of ketones is 2. The first kappa shape index (κ1) is 27.2. The van der Waals surface area contributed by atoms with E-state index >= 15 is 0 Å². The van der Waals surface area contributed by atoms with Crippen LogP contribution in [0.4, 0.5) is 10.8 Å². The molecule has 0 bridgehead atoms. The number of benzene rings is 2. The van der Waals surface area contributed by atoms with Crippen LogP contribution in [-0.4, -0.2) is 36.1 Å². The Morgan fingerprint density at radius 2 is 1.49 bits per heavy atom. The fraction of sp³-hybridized carbons (Fsp3) is 0.276. The molecule has 0 saturated heterocycles. The number of sulfonamides is 1. The van der Waals surface area contributed by atoms with Crippen LogP contribution in [0, 0.1) is 6.92 Å². The molecule has 41 heavy (non-hydrogen) atoms. The molecule has 0 radical (unpaired) electrons. The van der Waals surface area contributed by atoms with Crippen molar-refractivity contribution in [3.8, 4) is 0 Å². The smallest absolute Gasteiger partial charge is 0.267 e. The van der Waals surface area contributed by atoms with E-state index in [1.165, 1.54) is 0 Å². The summed E-state index contributed by atoms with van der Waals surface area (Å²) < 4.78 is 22.5. The average Bonchev–Trinajstić information content (AvgIpc) is 3.42. The van der Waals surface area contributed by atoms with Crippen molar-refractivity contribution in [1.29, 1.82) is 0 Å². The zero-order chi connectivity index (χ0) is 28.9. The number of aryl methyl sites for hydroxylation is 1. The van der Waals surface area contributed by atoms with Gasteiger partial charge in [-0.15, -0.1) is 10.2 Å². The highest BCUT2D eigenvalue weighted by Crippen LogP contribution is 2.50. The van der Waals surface area contributed by atoms with Gasteiger partial charge in [0.15, 0.2) is 11.6 Å². The summed E-state index contributed by atoms with van der Waals surface area (Å²) in [5, 5.41) is 14.8. The van der Waals surface area contributed by atoms with Crippen LogP contribution in [0.15, 0.2) is 75.4 Å². The van der Waals surface area contributed by atoms with E-state index in [0.29, 0.717) is 53.7 Å². The highest BCUT2D eigenvalue weighted by Gasteiger charge is 2.43. The van der Waals surface area contributed by atoms with E-state index in [2.05, 4.69) is 20.4 Å². The van der Waals surface area contributed by atoms with Crippen molar-refractivity contribution in [1.82, 2.24) is 10.2 Å².